The van der Waals surface area contributed by atoms with Crippen molar-refractivity contribution >= 4 is 5.91 Å². The van der Waals surface area contributed by atoms with Gasteiger partial charge in [0.1, 0.15) is 18.8 Å². The third-order valence-electron chi connectivity index (χ3n) is 1.73. The lowest BCUT2D eigenvalue weighted by atomic mass is 10.4. The molecule has 0 aliphatic heterocycles. The Morgan fingerprint density at radius 1 is 1.67 bits per heavy atom. The average molecular weight is 212 g/mol. The number of nitrogens with one attached hydrogen (secondary N) is 2. The maximum absolute atomic E-state index is 11.2. The van der Waals surface area contributed by atoms with Crippen molar-refractivity contribution in [2.45, 2.75) is 19.8 Å². The summed E-state index contributed by atoms with van der Waals surface area (Å²) < 4.78 is 5.08. The first-order valence-electron chi connectivity index (χ1n) is 5.01. The van der Waals surface area contributed by atoms with Crippen LogP contribution < -0.4 is 5.32 Å². The van der Waals surface area contributed by atoms with E-state index in [0.717, 1.165) is 12.2 Å². The maximum Gasteiger partial charge on any atom is 0.246 e. The van der Waals surface area contributed by atoms with E-state index in [1.165, 1.54) is 6.33 Å². The van der Waals surface area contributed by atoms with Crippen molar-refractivity contribution in [3.8, 4) is 0 Å². The molecule has 84 valence electrons. The number of aromatic amines is 1. The van der Waals surface area contributed by atoms with Gasteiger partial charge in [0.05, 0.1) is 0 Å². The Labute approximate surface area is 88.4 Å². The summed E-state index contributed by atoms with van der Waals surface area (Å²) in [7, 11) is 0. The van der Waals surface area contributed by atoms with Gasteiger partial charge in [-0.05, 0) is 6.42 Å². The summed E-state index contributed by atoms with van der Waals surface area (Å²) in [6.07, 6.45) is 3.02. The van der Waals surface area contributed by atoms with Crippen molar-refractivity contribution < 1.29 is 9.53 Å². The summed E-state index contributed by atoms with van der Waals surface area (Å²) in [5.41, 5.74) is 0. The van der Waals surface area contributed by atoms with Gasteiger partial charge in [0.15, 0.2) is 0 Å². The van der Waals surface area contributed by atoms with Gasteiger partial charge in [-0.2, -0.15) is 5.10 Å². The van der Waals surface area contributed by atoms with E-state index in [1.807, 2.05) is 6.92 Å². The normalized spacial score (nSPS) is 10.2. The van der Waals surface area contributed by atoms with E-state index in [4.69, 9.17) is 4.74 Å². The SMILES string of the molecule is CCCOCC(=O)NCCc1ncn[nH]1. The molecule has 0 aliphatic carbocycles. The lowest BCUT2D eigenvalue weighted by Gasteiger charge is -2.04. The third kappa shape index (κ3) is 5.11. The molecule has 0 saturated carbocycles. The van der Waals surface area contributed by atoms with E-state index in [2.05, 4.69) is 20.5 Å². The fraction of sp³-hybridized carbons (Fsp3) is 0.667. The van der Waals surface area contributed by atoms with E-state index in [-0.39, 0.29) is 12.5 Å². The number of aromatic nitrogens is 3. The standard InChI is InChI=1S/C9H16N4O2/c1-2-5-15-6-9(14)10-4-3-8-11-7-12-13-8/h7H,2-6H2,1H3,(H,10,14)(H,11,12,13). The van der Waals surface area contributed by atoms with E-state index in [1.54, 1.807) is 0 Å². The molecule has 15 heavy (non-hydrogen) atoms. The summed E-state index contributed by atoms with van der Waals surface area (Å²) in [6.45, 7) is 3.30. The minimum atomic E-state index is -0.0945. The first-order valence-corrected chi connectivity index (χ1v) is 5.01. The van der Waals surface area contributed by atoms with Crippen LogP contribution in [0.5, 0.6) is 0 Å². The summed E-state index contributed by atoms with van der Waals surface area (Å²) in [5.74, 6) is 0.674. The van der Waals surface area contributed by atoms with Crippen LogP contribution in [-0.4, -0.2) is 40.8 Å². The van der Waals surface area contributed by atoms with Crippen molar-refractivity contribution in [3.05, 3.63) is 12.2 Å². The summed E-state index contributed by atoms with van der Waals surface area (Å²) in [5, 5.41) is 9.15. The molecule has 0 spiro atoms. The van der Waals surface area contributed by atoms with E-state index < -0.39 is 0 Å². The van der Waals surface area contributed by atoms with Gasteiger partial charge in [-0.15, -0.1) is 0 Å². The van der Waals surface area contributed by atoms with Crippen LogP contribution in [0.15, 0.2) is 6.33 Å². The van der Waals surface area contributed by atoms with E-state index in [9.17, 15) is 4.79 Å². The number of rotatable bonds is 7. The van der Waals surface area contributed by atoms with Gasteiger partial charge < -0.3 is 10.1 Å². The van der Waals surface area contributed by atoms with Crippen molar-refractivity contribution in [3.63, 3.8) is 0 Å². The Hall–Kier alpha value is -1.43. The van der Waals surface area contributed by atoms with Crippen molar-refractivity contribution in [1.82, 2.24) is 20.5 Å². The van der Waals surface area contributed by atoms with Gasteiger partial charge in [0.25, 0.3) is 0 Å². The number of ether oxygens (including phenoxy) is 1. The topological polar surface area (TPSA) is 79.9 Å². The minimum absolute atomic E-state index is 0.0945. The van der Waals surface area contributed by atoms with Crippen LogP contribution in [0, 0.1) is 0 Å². The van der Waals surface area contributed by atoms with Crippen molar-refractivity contribution in [1.29, 1.82) is 0 Å². The Bertz CT molecular complexity index is 274. The smallest absolute Gasteiger partial charge is 0.246 e. The van der Waals surface area contributed by atoms with Gasteiger partial charge in [-0.3, -0.25) is 9.89 Å². The molecule has 6 nitrogen and oxygen atoms in total. The molecular formula is C9H16N4O2. The molecule has 0 radical (unpaired) electrons. The predicted octanol–water partition coefficient (Wildman–Crippen LogP) is -0.110. The second-order valence-electron chi connectivity index (χ2n) is 3.08. The molecule has 1 heterocycles. The van der Waals surface area contributed by atoms with Crippen LogP contribution in [0.1, 0.15) is 19.2 Å². The van der Waals surface area contributed by atoms with Gasteiger partial charge in [-0.25, -0.2) is 4.98 Å². The molecule has 0 saturated heterocycles. The van der Waals surface area contributed by atoms with Gasteiger partial charge in [0, 0.05) is 19.6 Å². The number of hydrogen-bond donors (Lipinski definition) is 2. The van der Waals surface area contributed by atoms with Crippen LogP contribution >= 0.6 is 0 Å². The lowest BCUT2D eigenvalue weighted by Crippen LogP contribution is -2.29. The quantitative estimate of drug-likeness (QED) is 0.618. The number of carbonyl (C=O) groups excluding carboxylic acids is 1. The fourth-order valence-electron chi connectivity index (χ4n) is 1.03. The molecule has 0 atom stereocenters. The van der Waals surface area contributed by atoms with Crippen molar-refractivity contribution in [2.75, 3.05) is 19.8 Å². The minimum Gasteiger partial charge on any atom is -0.372 e. The predicted molar refractivity (Wildman–Crippen MR) is 54.2 cm³/mol. The van der Waals surface area contributed by atoms with Crippen LogP contribution in [0.25, 0.3) is 0 Å². The first kappa shape index (κ1) is 11.6. The number of hydrogen-bond acceptors (Lipinski definition) is 4. The first-order chi connectivity index (χ1) is 7.33. The highest BCUT2D eigenvalue weighted by molar-refractivity contribution is 5.77. The molecule has 2 N–H and O–H groups in total. The number of H-pyrrole nitrogens is 1. The molecule has 1 rings (SSSR count). The molecule has 1 aromatic heterocycles. The molecule has 0 unspecified atom stereocenters. The zero-order valence-electron chi connectivity index (χ0n) is 8.82. The monoisotopic (exact) mass is 212 g/mol. The van der Waals surface area contributed by atoms with Gasteiger partial charge >= 0.3 is 0 Å². The summed E-state index contributed by atoms with van der Waals surface area (Å²) in [4.78, 5) is 15.1. The van der Waals surface area contributed by atoms with Gasteiger partial charge in [0.2, 0.25) is 5.91 Å². The lowest BCUT2D eigenvalue weighted by molar-refractivity contribution is -0.125. The molecule has 1 aromatic rings. The maximum atomic E-state index is 11.2. The summed E-state index contributed by atoms with van der Waals surface area (Å²) >= 11 is 0. The van der Waals surface area contributed by atoms with Crippen molar-refractivity contribution in [2.24, 2.45) is 0 Å². The number of carbonyl (C=O) groups is 1. The van der Waals surface area contributed by atoms with Crippen LogP contribution in [-0.2, 0) is 16.0 Å². The molecule has 6 heteroatoms. The molecule has 0 aliphatic rings. The highest BCUT2D eigenvalue weighted by atomic mass is 16.5. The highest BCUT2D eigenvalue weighted by Gasteiger charge is 2.01. The molecule has 1 amide bonds. The Morgan fingerprint density at radius 2 is 2.53 bits per heavy atom. The van der Waals surface area contributed by atoms with Gasteiger partial charge in [-0.1, -0.05) is 6.92 Å². The zero-order chi connectivity index (χ0) is 10.9. The zero-order valence-corrected chi connectivity index (χ0v) is 8.82. The molecule has 0 bridgehead atoms. The van der Waals surface area contributed by atoms with Crippen LogP contribution in [0.3, 0.4) is 0 Å². The summed E-state index contributed by atoms with van der Waals surface area (Å²) in [6, 6.07) is 0. The Kier molecular flexibility index (Phi) is 5.39. The largest absolute Gasteiger partial charge is 0.372 e. The Morgan fingerprint density at radius 3 is 3.20 bits per heavy atom. The Balaban J connectivity index is 2.02. The molecular weight excluding hydrogens is 196 g/mol. The second kappa shape index (κ2) is 6.94. The fourth-order valence-corrected chi connectivity index (χ4v) is 1.03. The van der Waals surface area contributed by atoms with E-state index >= 15 is 0 Å². The third-order valence-corrected chi connectivity index (χ3v) is 1.73. The number of nitrogens with zero attached hydrogens (tertiary/aromatic N) is 2. The second-order valence-corrected chi connectivity index (χ2v) is 3.08. The van der Waals surface area contributed by atoms with Crippen LogP contribution in [0.2, 0.25) is 0 Å². The number of amides is 1. The highest BCUT2D eigenvalue weighted by Crippen LogP contribution is 1.85. The molecule has 0 aromatic carbocycles. The van der Waals surface area contributed by atoms with E-state index in [0.29, 0.717) is 19.6 Å². The average Bonchev–Trinajstić information content (AvgIpc) is 2.71. The molecule has 0 fully saturated rings. The van der Waals surface area contributed by atoms with Crippen LogP contribution in [0.4, 0.5) is 0 Å².